The Labute approximate surface area is 262 Å². The third kappa shape index (κ3) is 10.1. The van der Waals surface area contributed by atoms with E-state index in [4.69, 9.17) is 38.4 Å². The lowest BCUT2D eigenvalue weighted by Gasteiger charge is -2.17. The predicted molar refractivity (Wildman–Crippen MR) is 162 cm³/mol. The van der Waals surface area contributed by atoms with Crippen LogP contribution < -0.4 is 21.1 Å². The van der Waals surface area contributed by atoms with E-state index >= 15 is 0 Å². The van der Waals surface area contributed by atoms with Crippen LogP contribution in [0.1, 0.15) is 43.1 Å². The number of rotatable bonds is 16. The highest BCUT2D eigenvalue weighted by molar-refractivity contribution is 6.40. The maximum Gasteiger partial charge on any atom is 0.328 e. The number of hydrogen-bond acceptors (Lipinski definition) is 9. The van der Waals surface area contributed by atoms with E-state index in [1.807, 2.05) is 0 Å². The zero-order valence-electron chi connectivity index (χ0n) is 23.3. The molecule has 0 heterocycles. The standard InChI is InChI=1S/C30H31Cl2N3O9/c31-23-13-18(26(38)5-4-17-2-1-3-20(36)10-17)14-24(32)27(23)29(40)35-25(30(41)42)16-34-28(39)19-11-21(37)15-22(12-19)44-9-8-43-7-6-33/h1-3,10-15,25,36-37H,4-9,16,33H2,(H,34,39)(H,35,40)(H,41,42)/t25-/m0/s1. The van der Waals surface area contributed by atoms with Crippen molar-refractivity contribution in [2.45, 2.75) is 18.9 Å². The van der Waals surface area contributed by atoms with Crippen molar-refractivity contribution in [1.82, 2.24) is 10.6 Å². The van der Waals surface area contributed by atoms with Gasteiger partial charge in [-0.25, -0.2) is 4.79 Å². The molecule has 12 nitrogen and oxygen atoms in total. The highest BCUT2D eigenvalue weighted by Crippen LogP contribution is 2.28. The van der Waals surface area contributed by atoms with Crippen molar-refractivity contribution in [2.24, 2.45) is 5.73 Å². The average molecular weight is 648 g/mol. The lowest BCUT2D eigenvalue weighted by atomic mass is 10.0. The van der Waals surface area contributed by atoms with E-state index in [0.717, 1.165) is 11.6 Å². The van der Waals surface area contributed by atoms with Crippen LogP contribution in [0.2, 0.25) is 10.0 Å². The van der Waals surface area contributed by atoms with Gasteiger partial charge in [-0.15, -0.1) is 0 Å². The van der Waals surface area contributed by atoms with E-state index in [-0.39, 0.29) is 69.4 Å². The first-order valence-corrected chi connectivity index (χ1v) is 14.1. The normalized spacial score (nSPS) is 11.4. The zero-order chi connectivity index (χ0) is 32.2. The maximum atomic E-state index is 13.0. The van der Waals surface area contributed by atoms with Crippen molar-refractivity contribution in [3.63, 3.8) is 0 Å². The largest absolute Gasteiger partial charge is 0.508 e. The van der Waals surface area contributed by atoms with Gasteiger partial charge in [-0.2, -0.15) is 0 Å². The Bertz CT molecular complexity index is 1490. The van der Waals surface area contributed by atoms with E-state index < -0.39 is 30.4 Å². The molecule has 0 aromatic heterocycles. The second-order valence-corrected chi connectivity index (χ2v) is 10.3. The molecule has 0 aliphatic rings. The number of ether oxygens (including phenoxy) is 2. The number of phenolic OH excluding ortho intramolecular Hbond substituents is 2. The summed E-state index contributed by atoms with van der Waals surface area (Å²) in [7, 11) is 0. The molecule has 3 aromatic carbocycles. The molecule has 0 bridgehead atoms. The summed E-state index contributed by atoms with van der Waals surface area (Å²) in [6.07, 6.45) is 0.427. The molecule has 234 valence electrons. The minimum absolute atomic E-state index is 0.0197. The van der Waals surface area contributed by atoms with Gasteiger partial charge in [-0.1, -0.05) is 35.3 Å². The summed E-state index contributed by atoms with van der Waals surface area (Å²) < 4.78 is 10.7. The fraction of sp³-hybridized carbons (Fsp3) is 0.267. The van der Waals surface area contributed by atoms with Crippen LogP contribution in [0.4, 0.5) is 0 Å². The van der Waals surface area contributed by atoms with Gasteiger partial charge in [0.15, 0.2) is 5.78 Å². The van der Waals surface area contributed by atoms with E-state index in [2.05, 4.69) is 10.6 Å². The number of ketones is 1. The first kappa shape index (κ1) is 34.1. The number of aromatic hydroxyl groups is 2. The Kier molecular flexibility index (Phi) is 12.8. The maximum absolute atomic E-state index is 13.0. The molecule has 3 rings (SSSR count). The molecule has 7 N–H and O–H groups in total. The quantitative estimate of drug-likeness (QED) is 0.0991. The molecule has 0 aliphatic heterocycles. The Hall–Kier alpha value is -4.36. The molecule has 0 spiro atoms. The summed E-state index contributed by atoms with van der Waals surface area (Å²) in [5, 5.41) is 33.5. The Morgan fingerprint density at radius 2 is 1.59 bits per heavy atom. The summed E-state index contributed by atoms with van der Waals surface area (Å²) in [5.74, 6) is -3.45. The summed E-state index contributed by atoms with van der Waals surface area (Å²) in [6, 6.07) is 11.2. The first-order valence-electron chi connectivity index (χ1n) is 13.3. The number of carbonyl (C=O) groups is 4. The van der Waals surface area contributed by atoms with Crippen LogP contribution in [0, 0.1) is 0 Å². The Morgan fingerprint density at radius 3 is 2.25 bits per heavy atom. The minimum Gasteiger partial charge on any atom is -0.508 e. The van der Waals surface area contributed by atoms with Crippen molar-refractivity contribution in [3.05, 3.63) is 86.9 Å². The van der Waals surface area contributed by atoms with Crippen LogP contribution in [-0.2, 0) is 16.0 Å². The number of nitrogens with two attached hydrogens (primary N) is 1. The number of aliphatic carboxylic acids is 1. The van der Waals surface area contributed by atoms with Gasteiger partial charge >= 0.3 is 5.97 Å². The van der Waals surface area contributed by atoms with Gasteiger partial charge in [-0.3, -0.25) is 14.4 Å². The highest BCUT2D eigenvalue weighted by atomic mass is 35.5. The molecule has 0 radical (unpaired) electrons. The molecule has 2 amide bonds. The monoisotopic (exact) mass is 647 g/mol. The van der Waals surface area contributed by atoms with Gasteiger partial charge < -0.3 is 41.2 Å². The van der Waals surface area contributed by atoms with Crippen LogP contribution >= 0.6 is 23.2 Å². The second-order valence-electron chi connectivity index (χ2n) is 9.45. The molecule has 0 saturated heterocycles. The molecule has 1 atom stereocenters. The van der Waals surface area contributed by atoms with Crippen LogP contribution in [0.15, 0.2) is 54.6 Å². The molecule has 0 unspecified atom stereocenters. The number of amides is 2. The van der Waals surface area contributed by atoms with Gasteiger partial charge in [0.2, 0.25) is 0 Å². The van der Waals surface area contributed by atoms with E-state index in [1.54, 1.807) is 18.2 Å². The van der Waals surface area contributed by atoms with E-state index in [0.29, 0.717) is 19.6 Å². The highest BCUT2D eigenvalue weighted by Gasteiger charge is 2.25. The molecule has 0 aliphatic carbocycles. The topological polar surface area (TPSA) is 198 Å². The van der Waals surface area contributed by atoms with Gasteiger partial charge in [0.05, 0.1) is 28.8 Å². The number of Topliss-reactive ketones (excluding diaryl/α,β-unsaturated/α-hetero) is 1. The van der Waals surface area contributed by atoms with Gasteiger partial charge in [0, 0.05) is 36.7 Å². The smallest absolute Gasteiger partial charge is 0.328 e. The Balaban J connectivity index is 1.62. The molecule has 3 aromatic rings. The van der Waals surface area contributed by atoms with Crippen LogP contribution in [0.25, 0.3) is 0 Å². The number of hydrogen-bond donors (Lipinski definition) is 6. The molecular weight excluding hydrogens is 617 g/mol. The van der Waals surface area contributed by atoms with Gasteiger partial charge in [0.25, 0.3) is 11.8 Å². The Morgan fingerprint density at radius 1 is 0.864 bits per heavy atom. The van der Waals surface area contributed by atoms with Crippen molar-refractivity contribution in [1.29, 1.82) is 0 Å². The van der Waals surface area contributed by atoms with Gasteiger partial charge in [-0.05, 0) is 48.4 Å². The van der Waals surface area contributed by atoms with Crippen molar-refractivity contribution >= 4 is 46.8 Å². The summed E-state index contributed by atoms with van der Waals surface area (Å²) in [5.41, 5.74) is 5.97. The number of carbonyl (C=O) groups excluding carboxylic acids is 3. The lowest BCUT2D eigenvalue weighted by Crippen LogP contribution is -2.48. The molecule has 0 saturated carbocycles. The minimum atomic E-state index is -1.59. The van der Waals surface area contributed by atoms with Gasteiger partial charge in [0.1, 0.15) is 29.9 Å². The fourth-order valence-corrected chi connectivity index (χ4v) is 4.65. The van der Waals surface area contributed by atoms with Crippen molar-refractivity contribution < 1.29 is 44.0 Å². The predicted octanol–water partition coefficient (Wildman–Crippen LogP) is 3.19. The number of halogens is 2. The van der Waals surface area contributed by atoms with Crippen LogP contribution in [0.5, 0.6) is 17.2 Å². The molecule has 44 heavy (non-hydrogen) atoms. The van der Waals surface area contributed by atoms with E-state index in [1.165, 1.54) is 30.3 Å². The lowest BCUT2D eigenvalue weighted by molar-refractivity contribution is -0.139. The number of carboxylic acids is 1. The molecule has 0 fully saturated rings. The molecular formula is C30H31Cl2N3O9. The average Bonchev–Trinajstić information content (AvgIpc) is 2.97. The first-order chi connectivity index (χ1) is 21.0. The molecule has 14 heteroatoms. The number of benzene rings is 3. The summed E-state index contributed by atoms with van der Waals surface area (Å²) in [4.78, 5) is 50.3. The number of aryl methyl sites for hydroxylation is 1. The summed E-state index contributed by atoms with van der Waals surface area (Å²) in [6.45, 7) is 0.549. The number of phenols is 2. The van der Waals surface area contributed by atoms with Crippen LogP contribution in [-0.4, -0.2) is 77.8 Å². The van der Waals surface area contributed by atoms with Crippen molar-refractivity contribution in [3.8, 4) is 17.2 Å². The SMILES string of the molecule is NCCOCCOc1cc(O)cc(C(=O)NC[C@H](NC(=O)c2c(Cl)cc(C(=O)CCc3cccc(O)c3)cc2Cl)C(=O)O)c1. The van der Waals surface area contributed by atoms with Crippen LogP contribution in [0.3, 0.4) is 0 Å². The fourth-order valence-electron chi connectivity index (χ4n) is 3.99. The van der Waals surface area contributed by atoms with E-state index in [9.17, 15) is 34.5 Å². The number of nitrogens with one attached hydrogen (secondary N) is 2. The van der Waals surface area contributed by atoms with Crippen molar-refractivity contribution in [2.75, 3.05) is 32.9 Å². The second kappa shape index (κ2) is 16.5. The third-order valence-electron chi connectivity index (χ3n) is 6.12. The third-order valence-corrected chi connectivity index (χ3v) is 6.72. The summed E-state index contributed by atoms with van der Waals surface area (Å²) >= 11 is 12.6. The zero-order valence-corrected chi connectivity index (χ0v) is 24.9. The number of carboxylic acid groups (broad SMARTS) is 1.